The molecule has 1 unspecified atom stereocenters. The summed E-state index contributed by atoms with van der Waals surface area (Å²) in [7, 11) is 0. The number of anilines is 2. The molecule has 1 aliphatic carbocycles. The van der Waals surface area contributed by atoms with Gasteiger partial charge in [0.1, 0.15) is 6.04 Å². The standard InChI is InChI=1S/C49H56N8O5/c1-4-31-26-37-38(49(2,3)46-44(45(37)60)36-11-9-30(28-50)24-39(36)52-46)27-41(31)55-18-15-34(16-19-55)54-20-22-56(23-21-54)43(59)8-6-5-7-17-51-33-10-12-35-32(25-33)29-57(48(35)62)40-13-14-42(58)53-47(40)61/h9-12,24-27,34,40,51-52H,4-8,13-23,29H2,1-3H3,(H,53,58,61). The quantitative estimate of drug-likeness (QED) is 0.121. The zero-order valence-corrected chi connectivity index (χ0v) is 36.1. The molecule has 3 N–H and O–H groups in total. The number of hydrogen-bond acceptors (Lipinski definition) is 9. The van der Waals surface area contributed by atoms with Crippen LogP contribution < -0.4 is 15.5 Å². The first kappa shape index (κ1) is 41.4. The van der Waals surface area contributed by atoms with Crippen molar-refractivity contribution in [3.63, 3.8) is 0 Å². The molecule has 4 aromatic rings. The fourth-order valence-corrected chi connectivity index (χ4v) is 10.6. The third kappa shape index (κ3) is 7.52. The monoisotopic (exact) mass is 836 g/mol. The van der Waals surface area contributed by atoms with Crippen molar-refractivity contribution in [1.29, 1.82) is 5.26 Å². The molecule has 3 fully saturated rings. The van der Waals surface area contributed by atoms with Gasteiger partial charge in [0.05, 0.1) is 17.2 Å². The van der Waals surface area contributed by atoms with Crippen LogP contribution in [0.25, 0.3) is 10.9 Å². The molecule has 0 bridgehead atoms. The summed E-state index contributed by atoms with van der Waals surface area (Å²) in [4.78, 5) is 76.5. The average Bonchev–Trinajstić information content (AvgIpc) is 3.84. The number of nitrogens with one attached hydrogen (secondary N) is 3. The summed E-state index contributed by atoms with van der Waals surface area (Å²) in [6.45, 7) is 12.9. The molecule has 1 atom stereocenters. The van der Waals surface area contributed by atoms with E-state index in [0.29, 0.717) is 36.6 Å². The van der Waals surface area contributed by atoms with Crippen molar-refractivity contribution in [3.8, 4) is 6.07 Å². The molecule has 0 spiro atoms. The highest BCUT2D eigenvalue weighted by atomic mass is 16.2. The van der Waals surface area contributed by atoms with Gasteiger partial charge in [0.15, 0.2) is 5.78 Å². The van der Waals surface area contributed by atoms with E-state index in [2.05, 4.69) is 64.4 Å². The summed E-state index contributed by atoms with van der Waals surface area (Å²) < 4.78 is 0. The van der Waals surface area contributed by atoms with Gasteiger partial charge in [-0.3, -0.25) is 34.2 Å². The maximum absolute atomic E-state index is 14.1. The van der Waals surface area contributed by atoms with E-state index in [1.165, 1.54) is 11.3 Å². The van der Waals surface area contributed by atoms with Crippen LogP contribution in [-0.4, -0.2) is 107 Å². The molecular weight excluding hydrogens is 781 g/mol. The first-order chi connectivity index (χ1) is 29.9. The van der Waals surface area contributed by atoms with Crippen molar-refractivity contribution in [2.75, 3.05) is 56.0 Å². The van der Waals surface area contributed by atoms with Crippen molar-refractivity contribution >= 4 is 51.7 Å². The summed E-state index contributed by atoms with van der Waals surface area (Å²) in [5.41, 5.74) is 9.28. The van der Waals surface area contributed by atoms with Crippen LogP contribution in [0.3, 0.4) is 0 Å². The number of hydrogen-bond donors (Lipinski definition) is 3. The summed E-state index contributed by atoms with van der Waals surface area (Å²) in [6, 6.07) is 17.7. The number of nitrogens with zero attached hydrogens (tertiary/aromatic N) is 5. The number of imide groups is 1. The molecule has 4 amide bonds. The number of carbonyl (C=O) groups excluding carboxylic acids is 5. The van der Waals surface area contributed by atoms with Gasteiger partial charge < -0.3 is 25.0 Å². The summed E-state index contributed by atoms with van der Waals surface area (Å²) in [5, 5.41) is 16.2. The van der Waals surface area contributed by atoms with Gasteiger partial charge in [-0.1, -0.05) is 33.3 Å². The van der Waals surface area contributed by atoms with Gasteiger partial charge in [-0.15, -0.1) is 0 Å². The number of rotatable bonds is 11. The van der Waals surface area contributed by atoms with Crippen LogP contribution in [0.5, 0.6) is 0 Å². The molecular formula is C49H56N8O5. The second kappa shape index (κ2) is 16.7. The van der Waals surface area contributed by atoms with Gasteiger partial charge in [-0.25, -0.2) is 0 Å². The summed E-state index contributed by atoms with van der Waals surface area (Å²) in [5.74, 6) is -0.580. The maximum atomic E-state index is 14.1. The van der Waals surface area contributed by atoms with Crippen molar-refractivity contribution in [3.05, 3.63) is 93.2 Å². The number of aromatic nitrogens is 1. The maximum Gasteiger partial charge on any atom is 0.255 e. The van der Waals surface area contributed by atoms with Crippen molar-refractivity contribution in [2.45, 2.75) is 103 Å². The minimum atomic E-state index is -0.620. The Morgan fingerprint density at radius 3 is 2.44 bits per heavy atom. The van der Waals surface area contributed by atoms with Gasteiger partial charge in [-0.2, -0.15) is 5.26 Å². The van der Waals surface area contributed by atoms with E-state index in [9.17, 15) is 29.2 Å². The van der Waals surface area contributed by atoms with E-state index in [1.807, 2.05) is 35.2 Å². The number of carbonyl (C=O) groups is 5. The third-order valence-corrected chi connectivity index (χ3v) is 14.2. The highest BCUT2D eigenvalue weighted by molar-refractivity contribution is 6.20. The van der Waals surface area contributed by atoms with Crippen LogP contribution in [-0.2, 0) is 32.8 Å². The molecule has 0 saturated carbocycles. The predicted octanol–water partition coefficient (Wildman–Crippen LogP) is 6.02. The molecule has 322 valence electrons. The van der Waals surface area contributed by atoms with Crippen molar-refractivity contribution in [1.82, 2.24) is 25.0 Å². The molecule has 13 heteroatoms. The Hall–Kier alpha value is -6.00. The first-order valence-corrected chi connectivity index (χ1v) is 22.5. The molecule has 5 heterocycles. The number of aromatic amines is 1. The Kier molecular flexibility index (Phi) is 11.1. The Balaban J connectivity index is 0.717. The van der Waals surface area contributed by atoms with Gasteiger partial charge >= 0.3 is 0 Å². The highest BCUT2D eigenvalue weighted by Crippen LogP contribution is 2.46. The lowest BCUT2D eigenvalue weighted by Gasteiger charge is -2.44. The normalized spacial score (nSPS) is 20.2. The van der Waals surface area contributed by atoms with E-state index in [4.69, 9.17) is 0 Å². The number of amides is 4. The summed E-state index contributed by atoms with van der Waals surface area (Å²) in [6.07, 6.45) is 6.81. The number of H-pyrrole nitrogens is 1. The lowest BCUT2D eigenvalue weighted by molar-refractivity contribution is -0.137. The van der Waals surface area contributed by atoms with Crippen LogP contribution in [0.4, 0.5) is 11.4 Å². The highest BCUT2D eigenvalue weighted by Gasteiger charge is 2.42. The van der Waals surface area contributed by atoms with E-state index in [1.54, 1.807) is 11.0 Å². The molecule has 1 aromatic heterocycles. The van der Waals surface area contributed by atoms with E-state index in [-0.39, 0.29) is 29.9 Å². The Labute approximate surface area is 362 Å². The van der Waals surface area contributed by atoms with Gasteiger partial charge in [0.25, 0.3) is 5.91 Å². The molecule has 62 heavy (non-hydrogen) atoms. The SMILES string of the molecule is CCc1cc2c(cc1N1CCC(N3CCN(C(=O)CCCCCNc4ccc5c(c4)CN(C4CCC(=O)NC4=O)C5=O)CC3)CC1)C(C)(C)c1[nH]c3cc(C#N)ccc3c1C2=O. The Morgan fingerprint density at radius 1 is 0.903 bits per heavy atom. The number of ketones is 1. The van der Waals surface area contributed by atoms with E-state index < -0.39 is 17.4 Å². The molecule has 9 rings (SSSR count). The van der Waals surface area contributed by atoms with Crippen molar-refractivity contribution in [2.24, 2.45) is 0 Å². The fraction of sp³-hybridized carbons (Fsp3) is 0.469. The smallest absolute Gasteiger partial charge is 0.255 e. The topological polar surface area (TPSA) is 162 Å². The molecule has 13 nitrogen and oxygen atoms in total. The number of nitriles is 1. The molecule has 3 aromatic carbocycles. The van der Waals surface area contributed by atoms with Gasteiger partial charge in [0, 0.05) is 116 Å². The van der Waals surface area contributed by atoms with Crippen LogP contribution in [0, 0.1) is 11.3 Å². The molecule has 4 aliphatic heterocycles. The van der Waals surface area contributed by atoms with Gasteiger partial charge in [0.2, 0.25) is 17.7 Å². The van der Waals surface area contributed by atoms with Crippen LogP contribution in [0.1, 0.15) is 126 Å². The minimum absolute atomic E-state index is 0.0487. The second-order valence-electron chi connectivity index (χ2n) is 18.2. The molecule has 0 radical (unpaired) electrons. The van der Waals surface area contributed by atoms with Crippen molar-refractivity contribution < 1.29 is 24.0 Å². The zero-order chi connectivity index (χ0) is 43.3. The molecule has 5 aliphatic rings. The lowest BCUT2D eigenvalue weighted by atomic mass is 9.70. The van der Waals surface area contributed by atoms with Gasteiger partial charge in [-0.05, 0) is 97.7 Å². The number of piperidine rings is 2. The predicted molar refractivity (Wildman–Crippen MR) is 237 cm³/mol. The number of piperazine rings is 1. The summed E-state index contributed by atoms with van der Waals surface area (Å²) >= 11 is 0. The number of unbranched alkanes of at least 4 members (excludes halogenated alkanes) is 2. The number of aryl methyl sites for hydroxylation is 1. The van der Waals surface area contributed by atoms with Crippen LogP contribution >= 0.6 is 0 Å². The van der Waals surface area contributed by atoms with Crippen LogP contribution in [0.2, 0.25) is 0 Å². The zero-order valence-electron chi connectivity index (χ0n) is 36.1. The minimum Gasteiger partial charge on any atom is -0.385 e. The lowest BCUT2D eigenvalue weighted by Crippen LogP contribution is -2.54. The number of benzene rings is 3. The number of fused-ring (bicyclic) bond motifs is 5. The average molecular weight is 837 g/mol. The second-order valence-corrected chi connectivity index (χ2v) is 18.2. The largest absolute Gasteiger partial charge is 0.385 e. The van der Waals surface area contributed by atoms with E-state index >= 15 is 0 Å². The fourth-order valence-electron chi connectivity index (χ4n) is 10.6. The van der Waals surface area contributed by atoms with E-state index in [0.717, 1.165) is 129 Å². The first-order valence-electron chi connectivity index (χ1n) is 22.5. The Morgan fingerprint density at radius 2 is 1.69 bits per heavy atom. The Bertz CT molecular complexity index is 2520. The third-order valence-electron chi connectivity index (χ3n) is 14.2. The van der Waals surface area contributed by atoms with Crippen LogP contribution in [0.15, 0.2) is 48.5 Å². The molecule has 3 saturated heterocycles.